The normalized spacial score (nSPS) is 10.9. The van der Waals surface area contributed by atoms with E-state index in [1.807, 2.05) is 18.2 Å². The fraction of sp³-hybridized carbons (Fsp3) is 0.111. The molecule has 0 radical (unpaired) electrons. The van der Waals surface area contributed by atoms with E-state index < -0.39 is 0 Å². The van der Waals surface area contributed by atoms with Gasteiger partial charge >= 0.3 is 0 Å². The van der Waals surface area contributed by atoms with Gasteiger partial charge in [0.1, 0.15) is 0 Å². The second-order valence-corrected chi connectivity index (χ2v) is 4.74. The number of aliphatic hydroxyl groups is 1. The molecule has 0 bridgehead atoms. The summed E-state index contributed by atoms with van der Waals surface area (Å²) in [5.41, 5.74) is 6.62. The summed E-state index contributed by atoms with van der Waals surface area (Å²) in [6, 6.07) is 5.87. The number of hydrogen-bond donors (Lipinski definition) is 2. The molecular formula is C9H8BrNOS. The molecule has 0 saturated carbocycles. The van der Waals surface area contributed by atoms with Gasteiger partial charge in [0.25, 0.3) is 0 Å². The zero-order valence-electron chi connectivity index (χ0n) is 6.75. The summed E-state index contributed by atoms with van der Waals surface area (Å²) >= 11 is 4.90. The Kier molecular flexibility index (Phi) is 2.27. The van der Waals surface area contributed by atoms with E-state index in [-0.39, 0.29) is 6.61 Å². The number of nitrogens with two attached hydrogens (primary N) is 1. The average molecular weight is 258 g/mol. The first-order valence-corrected chi connectivity index (χ1v) is 5.40. The highest BCUT2D eigenvalue weighted by Gasteiger charge is 2.06. The first kappa shape index (κ1) is 8.99. The molecule has 3 N–H and O–H groups in total. The fourth-order valence-corrected chi connectivity index (χ4v) is 2.67. The lowest BCUT2D eigenvalue weighted by molar-refractivity contribution is 0.285. The number of fused-ring (bicyclic) bond motifs is 1. The number of hydrogen-bond acceptors (Lipinski definition) is 3. The van der Waals surface area contributed by atoms with Crippen LogP contribution in [0.3, 0.4) is 0 Å². The molecule has 0 unspecified atom stereocenters. The Balaban J connectivity index is 2.76. The quantitative estimate of drug-likeness (QED) is 0.772. The Morgan fingerprint density at radius 1 is 1.46 bits per heavy atom. The van der Waals surface area contributed by atoms with Crippen LogP contribution in [0.15, 0.2) is 22.7 Å². The van der Waals surface area contributed by atoms with Crippen LogP contribution in [0.1, 0.15) is 4.88 Å². The third-order valence-electron chi connectivity index (χ3n) is 1.88. The lowest BCUT2D eigenvalue weighted by Gasteiger charge is -1.97. The van der Waals surface area contributed by atoms with Gasteiger partial charge in [-0.1, -0.05) is 6.07 Å². The van der Waals surface area contributed by atoms with Gasteiger partial charge in [-0.15, -0.1) is 11.3 Å². The summed E-state index contributed by atoms with van der Waals surface area (Å²) in [4.78, 5) is 0.944. The van der Waals surface area contributed by atoms with Crippen LogP contribution in [0.5, 0.6) is 0 Å². The van der Waals surface area contributed by atoms with Crippen LogP contribution in [0, 0.1) is 0 Å². The standard InChI is InChI=1S/C9H8BrNOS/c10-7-2-1-5-3-6(4-12)13-9(5)8(7)11/h1-3,12H,4,11H2. The van der Waals surface area contributed by atoms with Crippen molar-refractivity contribution in [2.45, 2.75) is 6.61 Å². The first-order chi connectivity index (χ1) is 6.22. The summed E-state index contributed by atoms with van der Waals surface area (Å²) in [6.45, 7) is 0.0798. The monoisotopic (exact) mass is 257 g/mol. The van der Waals surface area contributed by atoms with E-state index in [0.717, 1.165) is 25.1 Å². The summed E-state index contributed by atoms with van der Waals surface area (Å²) in [5.74, 6) is 0. The van der Waals surface area contributed by atoms with Gasteiger partial charge in [-0.25, -0.2) is 0 Å². The highest BCUT2D eigenvalue weighted by molar-refractivity contribution is 9.10. The van der Waals surface area contributed by atoms with Gasteiger partial charge in [0.2, 0.25) is 0 Å². The number of halogens is 1. The Morgan fingerprint density at radius 2 is 2.23 bits per heavy atom. The van der Waals surface area contributed by atoms with Crippen LogP contribution >= 0.6 is 27.3 Å². The van der Waals surface area contributed by atoms with Crippen LogP contribution < -0.4 is 5.73 Å². The summed E-state index contributed by atoms with van der Waals surface area (Å²) in [5, 5.41) is 10.0. The van der Waals surface area contributed by atoms with Crippen molar-refractivity contribution in [2.75, 3.05) is 5.73 Å². The van der Waals surface area contributed by atoms with E-state index in [4.69, 9.17) is 10.8 Å². The maximum atomic E-state index is 8.96. The van der Waals surface area contributed by atoms with Gasteiger partial charge in [0.15, 0.2) is 0 Å². The minimum Gasteiger partial charge on any atom is -0.397 e. The molecule has 0 atom stereocenters. The minimum absolute atomic E-state index is 0.0798. The van der Waals surface area contributed by atoms with Crippen LogP contribution in [0.25, 0.3) is 10.1 Å². The van der Waals surface area contributed by atoms with Gasteiger partial charge in [-0.2, -0.15) is 0 Å². The molecule has 0 aliphatic heterocycles. The second kappa shape index (κ2) is 3.29. The molecule has 0 aliphatic carbocycles. The lowest BCUT2D eigenvalue weighted by atomic mass is 10.2. The van der Waals surface area contributed by atoms with Crippen molar-refractivity contribution >= 4 is 43.0 Å². The Hall–Kier alpha value is -0.580. The SMILES string of the molecule is Nc1c(Br)ccc2cc(CO)sc12. The largest absolute Gasteiger partial charge is 0.397 e. The van der Waals surface area contributed by atoms with E-state index >= 15 is 0 Å². The van der Waals surface area contributed by atoms with E-state index in [1.165, 1.54) is 11.3 Å². The topological polar surface area (TPSA) is 46.2 Å². The van der Waals surface area contributed by atoms with Crippen molar-refractivity contribution < 1.29 is 5.11 Å². The summed E-state index contributed by atoms with van der Waals surface area (Å²) in [6.07, 6.45) is 0. The molecular weight excluding hydrogens is 250 g/mol. The predicted octanol–water partition coefficient (Wildman–Crippen LogP) is 2.74. The molecule has 1 heterocycles. The van der Waals surface area contributed by atoms with Crippen LogP contribution in [0.2, 0.25) is 0 Å². The van der Waals surface area contributed by atoms with Gasteiger partial charge in [0.05, 0.1) is 17.0 Å². The zero-order chi connectivity index (χ0) is 9.42. The van der Waals surface area contributed by atoms with Crippen molar-refractivity contribution in [3.05, 3.63) is 27.5 Å². The first-order valence-electron chi connectivity index (χ1n) is 3.79. The molecule has 4 heteroatoms. The number of benzene rings is 1. The number of nitrogen functional groups attached to an aromatic ring is 1. The van der Waals surface area contributed by atoms with Crippen molar-refractivity contribution in [2.24, 2.45) is 0 Å². The molecule has 1 aromatic carbocycles. The minimum atomic E-state index is 0.0798. The zero-order valence-corrected chi connectivity index (χ0v) is 9.15. The third kappa shape index (κ3) is 1.45. The van der Waals surface area contributed by atoms with E-state index in [2.05, 4.69) is 15.9 Å². The number of anilines is 1. The van der Waals surface area contributed by atoms with E-state index in [9.17, 15) is 0 Å². The third-order valence-corrected chi connectivity index (χ3v) is 3.74. The molecule has 0 amide bonds. The van der Waals surface area contributed by atoms with Crippen LogP contribution in [0.4, 0.5) is 5.69 Å². The maximum Gasteiger partial charge on any atom is 0.0774 e. The highest BCUT2D eigenvalue weighted by Crippen LogP contribution is 2.34. The molecule has 13 heavy (non-hydrogen) atoms. The van der Waals surface area contributed by atoms with Crippen molar-refractivity contribution in [1.29, 1.82) is 0 Å². The molecule has 2 aromatic rings. The van der Waals surface area contributed by atoms with Gasteiger partial charge in [0, 0.05) is 9.35 Å². The predicted molar refractivity (Wildman–Crippen MR) is 59.9 cm³/mol. The Labute approximate surface area is 88.1 Å². The summed E-state index contributed by atoms with van der Waals surface area (Å²) < 4.78 is 1.95. The molecule has 0 saturated heterocycles. The molecule has 0 spiro atoms. The Morgan fingerprint density at radius 3 is 2.92 bits per heavy atom. The average Bonchev–Trinajstić information content (AvgIpc) is 2.55. The fourth-order valence-electron chi connectivity index (χ4n) is 1.23. The van der Waals surface area contributed by atoms with E-state index in [0.29, 0.717) is 0 Å². The maximum absolute atomic E-state index is 8.96. The summed E-state index contributed by atoms with van der Waals surface area (Å²) in [7, 11) is 0. The number of rotatable bonds is 1. The second-order valence-electron chi connectivity index (χ2n) is 2.75. The van der Waals surface area contributed by atoms with Crippen molar-refractivity contribution in [3.8, 4) is 0 Å². The lowest BCUT2D eigenvalue weighted by Crippen LogP contribution is -1.84. The van der Waals surface area contributed by atoms with Gasteiger partial charge in [-0.3, -0.25) is 0 Å². The van der Waals surface area contributed by atoms with Gasteiger partial charge in [-0.05, 0) is 33.4 Å². The molecule has 68 valence electrons. The number of thiophene rings is 1. The van der Waals surface area contributed by atoms with Crippen molar-refractivity contribution in [3.63, 3.8) is 0 Å². The van der Waals surface area contributed by atoms with Gasteiger partial charge < -0.3 is 10.8 Å². The van der Waals surface area contributed by atoms with Crippen molar-refractivity contribution in [1.82, 2.24) is 0 Å². The van der Waals surface area contributed by atoms with Crippen LogP contribution in [-0.2, 0) is 6.61 Å². The molecule has 1 aromatic heterocycles. The number of aliphatic hydroxyl groups excluding tert-OH is 1. The highest BCUT2D eigenvalue weighted by atomic mass is 79.9. The molecule has 2 rings (SSSR count). The van der Waals surface area contributed by atoms with E-state index in [1.54, 1.807) is 0 Å². The molecule has 2 nitrogen and oxygen atoms in total. The molecule has 0 aliphatic rings. The van der Waals surface area contributed by atoms with Crippen LogP contribution in [-0.4, -0.2) is 5.11 Å². The Bertz CT molecular complexity index is 452. The molecule has 0 fully saturated rings. The smallest absolute Gasteiger partial charge is 0.0774 e.